The minimum atomic E-state index is 0.0282. The van der Waals surface area contributed by atoms with E-state index in [1.54, 1.807) is 13.2 Å². The van der Waals surface area contributed by atoms with E-state index in [-0.39, 0.29) is 18.1 Å². The van der Waals surface area contributed by atoms with Crippen molar-refractivity contribution in [2.45, 2.75) is 33.2 Å². The number of hydrogen-bond acceptors (Lipinski definition) is 3. The van der Waals surface area contributed by atoms with Gasteiger partial charge in [-0.15, -0.1) is 0 Å². The Balaban J connectivity index is 1.86. The largest absolute Gasteiger partial charge is 0.469 e. The quantitative estimate of drug-likeness (QED) is 0.648. The Labute approximate surface area is 134 Å². The highest BCUT2D eigenvalue weighted by Crippen LogP contribution is 2.26. The first-order chi connectivity index (χ1) is 11.1. The second kappa shape index (κ2) is 6.24. The van der Waals surface area contributed by atoms with Gasteiger partial charge in [-0.3, -0.25) is 9.59 Å². The van der Waals surface area contributed by atoms with Crippen LogP contribution in [-0.2, 0) is 17.8 Å². The third-order valence-electron chi connectivity index (χ3n) is 4.15. The highest BCUT2D eigenvalue weighted by molar-refractivity contribution is 6.08. The van der Waals surface area contributed by atoms with E-state index in [0.29, 0.717) is 18.4 Å². The summed E-state index contributed by atoms with van der Waals surface area (Å²) in [6.07, 6.45) is 2.64. The second-order valence-corrected chi connectivity index (χ2v) is 5.74. The van der Waals surface area contributed by atoms with Gasteiger partial charge in [-0.05, 0) is 32.0 Å². The molecule has 0 saturated carbocycles. The molecule has 3 rings (SSSR count). The number of carbonyl (C=O) groups excluding carboxylic acids is 2. The van der Waals surface area contributed by atoms with Gasteiger partial charge in [0.1, 0.15) is 5.76 Å². The van der Waals surface area contributed by atoms with Gasteiger partial charge in [0, 0.05) is 35.0 Å². The van der Waals surface area contributed by atoms with Crippen molar-refractivity contribution in [1.82, 2.24) is 4.57 Å². The third kappa shape index (κ3) is 2.97. The number of nitrogens with zero attached hydrogens (tertiary/aromatic N) is 1. The minimum Gasteiger partial charge on any atom is -0.469 e. The molecule has 1 aromatic carbocycles. The van der Waals surface area contributed by atoms with Crippen LogP contribution in [0.3, 0.4) is 0 Å². The highest BCUT2D eigenvalue weighted by Gasteiger charge is 2.18. The molecule has 2 heterocycles. The summed E-state index contributed by atoms with van der Waals surface area (Å²) in [6.45, 7) is 3.74. The van der Waals surface area contributed by atoms with Crippen LogP contribution in [0.1, 0.15) is 35.2 Å². The molecule has 0 bridgehead atoms. The number of benzene rings is 1. The standard InChI is InChI=1S/C19H19NO3/c1-13-19(14(2)21)17-7-3-4-8-18(17)20(13)12-15(22)9-10-16-6-5-11-23-16/h3-8,11H,9-10,12H2,1-2H3. The fourth-order valence-corrected chi connectivity index (χ4v) is 3.05. The molecule has 0 aliphatic heterocycles. The number of aryl methyl sites for hydroxylation is 1. The van der Waals surface area contributed by atoms with Gasteiger partial charge >= 0.3 is 0 Å². The molecule has 4 nitrogen and oxygen atoms in total. The molecule has 0 aliphatic rings. The molecule has 23 heavy (non-hydrogen) atoms. The first-order valence-electron chi connectivity index (χ1n) is 7.70. The van der Waals surface area contributed by atoms with Gasteiger partial charge < -0.3 is 8.98 Å². The lowest BCUT2D eigenvalue weighted by molar-refractivity contribution is -0.119. The normalized spacial score (nSPS) is 11.0. The number of rotatable bonds is 6. The summed E-state index contributed by atoms with van der Waals surface area (Å²) in [5, 5.41) is 0.913. The second-order valence-electron chi connectivity index (χ2n) is 5.74. The zero-order chi connectivity index (χ0) is 16.4. The summed E-state index contributed by atoms with van der Waals surface area (Å²) in [5.74, 6) is 0.970. The molecule has 0 amide bonds. The van der Waals surface area contributed by atoms with E-state index in [2.05, 4.69) is 0 Å². The van der Waals surface area contributed by atoms with Gasteiger partial charge in [0.05, 0.1) is 12.8 Å². The van der Waals surface area contributed by atoms with Crippen molar-refractivity contribution in [3.8, 4) is 0 Å². The average Bonchev–Trinajstić information content (AvgIpc) is 3.12. The molecule has 0 fully saturated rings. The third-order valence-corrected chi connectivity index (χ3v) is 4.15. The van der Waals surface area contributed by atoms with Crippen molar-refractivity contribution in [2.24, 2.45) is 0 Å². The molecule has 118 valence electrons. The summed E-state index contributed by atoms with van der Waals surface area (Å²) in [5.41, 5.74) is 2.49. The maximum absolute atomic E-state index is 12.3. The number of fused-ring (bicyclic) bond motifs is 1. The van der Waals surface area contributed by atoms with Crippen LogP contribution in [0.25, 0.3) is 10.9 Å². The number of aromatic nitrogens is 1. The summed E-state index contributed by atoms with van der Waals surface area (Å²) >= 11 is 0. The topological polar surface area (TPSA) is 52.2 Å². The lowest BCUT2D eigenvalue weighted by atomic mass is 10.1. The van der Waals surface area contributed by atoms with Crippen LogP contribution in [0.2, 0.25) is 0 Å². The SMILES string of the molecule is CC(=O)c1c(C)n(CC(=O)CCc2ccco2)c2ccccc12. The average molecular weight is 309 g/mol. The van der Waals surface area contributed by atoms with E-state index in [9.17, 15) is 9.59 Å². The highest BCUT2D eigenvalue weighted by atomic mass is 16.3. The van der Waals surface area contributed by atoms with E-state index >= 15 is 0 Å². The van der Waals surface area contributed by atoms with Crippen LogP contribution in [0.15, 0.2) is 47.1 Å². The molecule has 2 aromatic heterocycles. The summed E-state index contributed by atoms with van der Waals surface area (Å²) in [7, 11) is 0. The van der Waals surface area contributed by atoms with E-state index in [4.69, 9.17) is 4.42 Å². The minimum absolute atomic E-state index is 0.0282. The number of carbonyl (C=O) groups is 2. The van der Waals surface area contributed by atoms with Crippen molar-refractivity contribution in [1.29, 1.82) is 0 Å². The smallest absolute Gasteiger partial charge is 0.162 e. The Kier molecular flexibility index (Phi) is 4.15. The molecular formula is C19H19NO3. The number of para-hydroxylation sites is 1. The van der Waals surface area contributed by atoms with Crippen molar-refractivity contribution < 1.29 is 14.0 Å². The molecular weight excluding hydrogens is 290 g/mol. The fourth-order valence-electron chi connectivity index (χ4n) is 3.05. The monoisotopic (exact) mass is 309 g/mol. The molecule has 0 saturated heterocycles. The Morgan fingerprint density at radius 1 is 1.13 bits per heavy atom. The first-order valence-corrected chi connectivity index (χ1v) is 7.70. The first kappa shape index (κ1) is 15.3. The molecule has 0 aliphatic carbocycles. The van der Waals surface area contributed by atoms with Crippen molar-refractivity contribution in [3.05, 3.63) is 59.7 Å². The lowest BCUT2D eigenvalue weighted by Crippen LogP contribution is -2.12. The molecule has 3 aromatic rings. The van der Waals surface area contributed by atoms with Gasteiger partial charge in [0.15, 0.2) is 11.6 Å². The van der Waals surface area contributed by atoms with Gasteiger partial charge in [0.25, 0.3) is 0 Å². The molecule has 0 radical (unpaired) electrons. The molecule has 0 spiro atoms. The summed E-state index contributed by atoms with van der Waals surface area (Å²) in [4.78, 5) is 24.3. The Bertz CT molecular complexity index is 856. The number of hydrogen-bond donors (Lipinski definition) is 0. The van der Waals surface area contributed by atoms with E-state index in [1.807, 2.05) is 47.9 Å². The van der Waals surface area contributed by atoms with E-state index < -0.39 is 0 Å². The molecule has 0 atom stereocenters. The van der Waals surface area contributed by atoms with Crippen molar-refractivity contribution >= 4 is 22.5 Å². The van der Waals surface area contributed by atoms with Crippen LogP contribution in [0.4, 0.5) is 0 Å². The van der Waals surface area contributed by atoms with Crippen LogP contribution in [0, 0.1) is 6.92 Å². The van der Waals surface area contributed by atoms with Gasteiger partial charge in [-0.25, -0.2) is 0 Å². The maximum atomic E-state index is 12.3. The van der Waals surface area contributed by atoms with Gasteiger partial charge in [-0.1, -0.05) is 18.2 Å². The summed E-state index contributed by atoms with van der Waals surface area (Å²) < 4.78 is 7.20. The predicted octanol–water partition coefficient (Wildman–Crippen LogP) is 3.95. The number of Topliss-reactive ketones (excluding diaryl/α,β-unsaturated/α-hetero) is 2. The molecule has 4 heteroatoms. The van der Waals surface area contributed by atoms with Crippen molar-refractivity contribution in [3.63, 3.8) is 0 Å². The zero-order valence-corrected chi connectivity index (χ0v) is 13.3. The Morgan fingerprint density at radius 2 is 1.91 bits per heavy atom. The maximum Gasteiger partial charge on any atom is 0.162 e. The van der Waals surface area contributed by atoms with Crippen LogP contribution >= 0.6 is 0 Å². The fraction of sp³-hybridized carbons (Fsp3) is 0.263. The van der Waals surface area contributed by atoms with Crippen molar-refractivity contribution in [2.75, 3.05) is 0 Å². The van der Waals surface area contributed by atoms with E-state index in [0.717, 1.165) is 22.4 Å². The Hall–Kier alpha value is -2.62. The summed E-state index contributed by atoms with van der Waals surface area (Å²) in [6, 6.07) is 11.4. The number of ketones is 2. The molecule has 0 unspecified atom stereocenters. The van der Waals surface area contributed by atoms with Gasteiger partial charge in [0.2, 0.25) is 0 Å². The van der Waals surface area contributed by atoms with Crippen LogP contribution < -0.4 is 0 Å². The van der Waals surface area contributed by atoms with Crippen LogP contribution in [0.5, 0.6) is 0 Å². The van der Waals surface area contributed by atoms with E-state index in [1.165, 1.54) is 0 Å². The Morgan fingerprint density at radius 3 is 2.61 bits per heavy atom. The van der Waals surface area contributed by atoms with Gasteiger partial charge in [-0.2, -0.15) is 0 Å². The predicted molar refractivity (Wildman–Crippen MR) is 88.7 cm³/mol. The van der Waals surface area contributed by atoms with Crippen LogP contribution in [-0.4, -0.2) is 16.1 Å². The molecule has 0 N–H and O–H groups in total. The zero-order valence-electron chi connectivity index (χ0n) is 13.3. The lowest BCUT2D eigenvalue weighted by Gasteiger charge is -2.07. The number of furan rings is 1.